The summed E-state index contributed by atoms with van der Waals surface area (Å²) in [6, 6.07) is 9.46. The lowest BCUT2D eigenvalue weighted by Gasteiger charge is -1.96. The topological polar surface area (TPSA) is 80.9 Å². The summed E-state index contributed by atoms with van der Waals surface area (Å²) in [5.74, 6) is -1.04. The summed E-state index contributed by atoms with van der Waals surface area (Å²) in [7, 11) is 0. The first-order valence-electron chi connectivity index (χ1n) is 5.41. The van der Waals surface area contributed by atoms with Crippen LogP contribution < -0.4 is 0 Å². The van der Waals surface area contributed by atoms with E-state index in [-0.39, 0.29) is 5.69 Å². The van der Waals surface area contributed by atoms with Crippen molar-refractivity contribution >= 4 is 17.3 Å². The zero-order valence-electron chi connectivity index (χ0n) is 9.59. The van der Waals surface area contributed by atoms with E-state index in [1.54, 1.807) is 6.20 Å². The minimum atomic E-state index is -1.04. The molecular formula is C12H8N4O2S. The van der Waals surface area contributed by atoms with E-state index in [1.165, 1.54) is 21.5 Å². The van der Waals surface area contributed by atoms with E-state index in [0.717, 1.165) is 5.69 Å². The molecule has 0 aliphatic rings. The summed E-state index contributed by atoms with van der Waals surface area (Å²) < 4.78 is 0. The molecule has 0 unspecified atom stereocenters. The van der Waals surface area contributed by atoms with Crippen LogP contribution >= 0.6 is 11.3 Å². The maximum absolute atomic E-state index is 10.8. The fourth-order valence-corrected chi connectivity index (χ4v) is 2.28. The number of carboxylic acid groups (broad SMARTS) is 1. The van der Waals surface area contributed by atoms with Crippen molar-refractivity contribution in [1.82, 2.24) is 20.0 Å². The Morgan fingerprint density at radius 2 is 2.05 bits per heavy atom. The van der Waals surface area contributed by atoms with Gasteiger partial charge in [0.25, 0.3) is 0 Å². The second-order valence-electron chi connectivity index (χ2n) is 3.70. The third kappa shape index (κ3) is 2.23. The third-order valence-electron chi connectivity index (χ3n) is 2.42. The quantitative estimate of drug-likeness (QED) is 0.789. The number of thiazole rings is 1. The first-order valence-corrected chi connectivity index (χ1v) is 6.29. The summed E-state index contributed by atoms with van der Waals surface area (Å²) in [5, 5.41) is 19.3. The molecule has 1 aromatic carbocycles. The van der Waals surface area contributed by atoms with Crippen molar-refractivity contribution in [2.75, 3.05) is 0 Å². The van der Waals surface area contributed by atoms with Crippen molar-refractivity contribution in [2.24, 2.45) is 0 Å². The van der Waals surface area contributed by atoms with Crippen LogP contribution in [0.2, 0.25) is 0 Å². The van der Waals surface area contributed by atoms with Crippen molar-refractivity contribution < 1.29 is 9.90 Å². The smallest absolute Gasteiger partial charge is 0.355 e. The SMILES string of the molecule is O=C(O)c1csc(-c2cnn(-c3ccccc3)n2)n1. The number of carbonyl (C=O) groups is 1. The summed E-state index contributed by atoms with van der Waals surface area (Å²) in [5.41, 5.74) is 1.42. The van der Waals surface area contributed by atoms with E-state index in [1.807, 2.05) is 30.3 Å². The molecular weight excluding hydrogens is 264 g/mol. The molecule has 3 rings (SSSR count). The van der Waals surface area contributed by atoms with Crippen LogP contribution in [0.15, 0.2) is 41.9 Å². The number of aromatic carboxylic acids is 1. The Bertz CT molecular complexity index is 720. The highest BCUT2D eigenvalue weighted by atomic mass is 32.1. The van der Waals surface area contributed by atoms with E-state index in [0.29, 0.717) is 10.7 Å². The molecule has 0 saturated heterocycles. The van der Waals surface area contributed by atoms with Gasteiger partial charge in [-0.05, 0) is 12.1 Å². The van der Waals surface area contributed by atoms with E-state index in [4.69, 9.17) is 5.11 Å². The van der Waals surface area contributed by atoms with Crippen LogP contribution in [0.1, 0.15) is 10.5 Å². The summed E-state index contributed by atoms with van der Waals surface area (Å²) in [4.78, 5) is 16.2. The molecule has 94 valence electrons. The van der Waals surface area contributed by atoms with E-state index in [2.05, 4.69) is 15.2 Å². The largest absolute Gasteiger partial charge is 0.476 e. The molecule has 0 amide bonds. The monoisotopic (exact) mass is 272 g/mol. The van der Waals surface area contributed by atoms with Gasteiger partial charge in [-0.25, -0.2) is 9.78 Å². The molecule has 0 fully saturated rings. The number of carboxylic acids is 1. The van der Waals surface area contributed by atoms with Gasteiger partial charge in [-0.3, -0.25) is 0 Å². The fourth-order valence-electron chi connectivity index (χ4n) is 1.54. The summed E-state index contributed by atoms with van der Waals surface area (Å²) >= 11 is 1.23. The molecule has 0 spiro atoms. The Labute approximate surface area is 112 Å². The van der Waals surface area contributed by atoms with E-state index >= 15 is 0 Å². The lowest BCUT2D eigenvalue weighted by Crippen LogP contribution is -1.98. The fraction of sp³-hybridized carbons (Fsp3) is 0. The maximum Gasteiger partial charge on any atom is 0.355 e. The molecule has 3 aromatic rings. The Kier molecular flexibility index (Phi) is 2.81. The lowest BCUT2D eigenvalue weighted by molar-refractivity contribution is 0.0691. The first-order chi connectivity index (χ1) is 9.24. The molecule has 0 bridgehead atoms. The van der Waals surface area contributed by atoms with Crippen LogP contribution in [0.3, 0.4) is 0 Å². The van der Waals surface area contributed by atoms with Crippen LogP contribution in [0, 0.1) is 0 Å². The van der Waals surface area contributed by atoms with Gasteiger partial charge in [0.1, 0.15) is 10.7 Å². The van der Waals surface area contributed by atoms with Gasteiger partial charge < -0.3 is 5.11 Å². The predicted molar refractivity (Wildman–Crippen MR) is 69.4 cm³/mol. The molecule has 6 nitrogen and oxygen atoms in total. The highest BCUT2D eigenvalue weighted by molar-refractivity contribution is 7.13. The molecule has 1 N–H and O–H groups in total. The van der Waals surface area contributed by atoms with Gasteiger partial charge in [0.05, 0.1) is 11.9 Å². The number of para-hydroxylation sites is 1. The van der Waals surface area contributed by atoms with Crippen LogP contribution in [0.5, 0.6) is 0 Å². The lowest BCUT2D eigenvalue weighted by atomic mass is 10.3. The second kappa shape index (κ2) is 4.62. The molecule has 0 aliphatic carbocycles. The molecule has 0 radical (unpaired) electrons. The average molecular weight is 272 g/mol. The number of aromatic nitrogens is 4. The average Bonchev–Trinajstić information content (AvgIpc) is 3.09. The van der Waals surface area contributed by atoms with Gasteiger partial charge in [0.2, 0.25) is 0 Å². The van der Waals surface area contributed by atoms with Gasteiger partial charge in [-0.1, -0.05) is 18.2 Å². The molecule has 0 aliphatic heterocycles. The molecule has 2 aromatic heterocycles. The second-order valence-corrected chi connectivity index (χ2v) is 4.56. The molecule has 19 heavy (non-hydrogen) atoms. The van der Waals surface area contributed by atoms with Gasteiger partial charge in [0, 0.05) is 5.38 Å². The van der Waals surface area contributed by atoms with Crippen molar-refractivity contribution in [2.45, 2.75) is 0 Å². The van der Waals surface area contributed by atoms with Gasteiger partial charge >= 0.3 is 5.97 Å². The van der Waals surface area contributed by atoms with Gasteiger partial charge in [-0.15, -0.1) is 16.4 Å². The highest BCUT2D eigenvalue weighted by Gasteiger charge is 2.13. The predicted octanol–water partition coefficient (Wildman–Crippen LogP) is 2.09. The zero-order valence-corrected chi connectivity index (χ0v) is 10.4. The minimum Gasteiger partial charge on any atom is -0.476 e. The standard InChI is InChI=1S/C12H8N4O2S/c17-12(18)10-7-19-11(14-10)9-6-13-16(15-9)8-4-2-1-3-5-8/h1-7H,(H,17,18). The minimum absolute atomic E-state index is 0.0225. The Balaban J connectivity index is 1.94. The molecule has 0 saturated carbocycles. The Morgan fingerprint density at radius 3 is 2.74 bits per heavy atom. The third-order valence-corrected chi connectivity index (χ3v) is 3.29. The number of nitrogens with zero attached hydrogens (tertiary/aromatic N) is 4. The van der Waals surface area contributed by atoms with E-state index in [9.17, 15) is 4.79 Å². The van der Waals surface area contributed by atoms with Crippen molar-refractivity contribution in [3.05, 3.63) is 47.6 Å². The molecule has 7 heteroatoms. The number of hydrogen-bond acceptors (Lipinski definition) is 5. The molecule has 0 atom stereocenters. The maximum atomic E-state index is 10.8. The summed E-state index contributed by atoms with van der Waals surface area (Å²) in [6.07, 6.45) is 1.57. The Morgan fingerprint density at radius 1 is 1.26 bits per heavy atom. The molecule has 2 heterocycles. The highest BCUT2D eigenvalue weighted by Crippen LogP contribution is 2.21. The zero-order chi connectivity index (χ0) is 13.2. The number of rotatable bonds is 3. The normalized spacial score (nSPS) is 10.5. The number of hydrogen-bond donors (Lipinski definition) is 1. The Hall–Kier alpha value is -2.54. The van der Waals surface area contributed by atoms with Crippen LogP contribution in [-0.4, -0.2) is 31.1 Å². The van der Waals surface area contributed by atoms with Crippen molar-refractivity contribution in [3.8, 4) is 16.4 Å². The first kappa shape index (κ1) is 11.5. The van der Waals surface area contributed by atoms with Crippen LogP contribution in [0.25, 0.3) is 16.4 Å². The van der Waals surface area contributed by atoms with Crippen LogP contribution in [0.4, 0.5) is 0 Å². The van der Waals surface area contributed by atoms with Crippen molar-refractivity contribution in [3.63, 3.8) is 0 Å². The number of benzene rings is 1. The van der Waals surface area contributed by atoms with Crippen LogP contribution in [-0.2, 0) is 0 Å². The summed E-state index contributed by atoms with van der Waals surface area (Å²) in [6.45, 7) is 0. The van der Waals surface area contributed by atoms with Gasteiger partial charge in [0.15, 0.2) is 5.69 Å². The van der Waals surface area contributed by atoms with E-state index < -0.39 is 5.97 Å². The van der Waals surface area contributed by atoms with Gasteiger partial charge in [-0.2, -0.15) is 9.90 Å². The van der Waals surface area contributed by atoms with Crippen molar-refractivity contribution in [1.29, 1.82) is 0 Å².